The van der Waals surface area contributed by atoms with Crippen molar-refractivity contribution >= 4 is 17.8 Å². The molecule has 3 atom stereocenters. The van der Waals surface area contributed by atoms with Gasteiger partial charge in [0.15, 0.2) is 6.29 Å². The number of aromatic amines is 1. The molecule has 2 amide bonds. The van der Waals surface area contributed by atoms with Gasteiger partial charge >= 0.3 is 5.97 Å². The molecule has 12 nitrogen and oxygen atoms in total. The number of hydrogen-bond acceptors (Lipinski definition) is 9. The second-order valence-electron chi connectivity index (χ2n) is 10.3. The number of aliphatic hydroxyl groups is 1. The maximum absolute atomic E-state index is 12.8. The van der Waals surface area contributed by atoms with E-state index in [1.807, 2.05) is 27.7 Å². The zero-order valence-corrected chi connectivity index (χ0v) is 23.6. The van der Waals surface area contributed by atoms with E-state index >= 15 is 0 Å². The third-order valence-electron chi connectivity index (χ3n) is 6.08. The lowest BCUT2D eigenvalue weighted by atomic mass is 10.0. The van der Waals surface area contributed by atoms with Gasteiger partial charge in [-0.1, -0.05) is 39.8 Å². The normalized spacial score (nSPS) is 13.6. The van der Waals surface area contributed by atoms with Crippen LogP contribution in [0.25, 0.3) is 22.7 Å². The average Bonchev–Trinajstić information content (AvgIpc) is 3.62. The molecule has 2 aromatic heterocycles. The predicted molar refractivity (Wildman–Crippen MR) is 146 cm³/mol. The second-order valence-corrected chi connectivity index (χ2v) is 10.3. The van der Waals surface area contributed by atoms with E-state index in [-0.39, 0.29) is 29.2 Å². The largest absolute Gasteiger partial charge is 0.467 e. The standard InChI is InChI=1S/C28H37N5O7/c1-15(2)10-21(27(36)38-5)30-24(34)20-13-19(32-33-20)17-8-7-9-18(12-17)26-29-14-23(40-26)25(35)31-22(11-16(3)4)28(37)39-6/h7-9,12-16,21-22,28,37H,10-11H2,1-6H3,(H,30,34)(H,31,35)(H,32,33)/t21-,22-,28?/m0/s1. The van der Waals surface area contributed by atoms with E-state index in [0.29, 0.717) is 29.7 Å². The maximum atomic E-state index is 12.8. The lowest BCUT2D eigenvalue weighted by Crippen LogP contribution is -2.44. The van der Waals surface area contributed by atoms with Crippen LogP contribution < -0.4 is 10.6 Å². The second kappa shape index (κ2) is 13.9. The number of amides is 2. The van der Waals surface area contributed by atoms with Gasteiger partial charge in [-0.3, -0.25) is 14.7 Å². The fourth-order valence-electron chi connectivity index (χ4n) is 4.13. The minimum atomic E-state index is -1.16. The lowest BCUT2D eigenvalue weighted by Gasteiger charge is -2.24. The molecule has 0 aliphatic heterocycles. The monoisotopic (exact) mass is 555 g/mol. The smallest absolute Gasteiger partial charge is 0.328 e. The lowest BCUT2D eigenvalue weighted by molar-refractivity contribution is -0.143. The number of nitrogens with zero attached hydrogens (tertiary/aromatic N) is 2. The molecule has 1 aromatic carbocycles. The Bertz CT molecular complexity index is 1300. The van der Waals surface area contributed by atoms with E-state index in [1.54, 1.807) is 30.3 Å². The van der Waals surface area contributed by atoms with Crippen LogP contribution in [0.1, 0.15) is 61.6 Å². The zero-order valence-electron chi connectivity index (χ0n) is 23.6. The van der Waals surface area contributed by atoms with Gasteiger partial charge in [0.05, 0.1) is 25.0 Å². The van der Waals surface area contributed by atoms with Crippen LogP contribution in [0.5, 0.6) is 0 Å². The number of carbonyl (C=O) groups excluding carboxylic acids is 3. The van der Waals surface area contributed by atoms with Gasteiger partial charge < -0.3 is 29.6 Å². The first-order valence-electron chi connectivity index (χ1n) is 13.0. The fraction of sp³-hybridized carbons (Fsp3) is 0.464. The summed E-state index contributed by atoms with van der Waals surface area (Å²) in [7, 11) is 2.64. The van der Waals surface area contributed by atoms with Crippen molar-refractivity contribution in [2.75, 3.05) is 14.2 Å². The highest BCUT2D eigenvalue weighted by molar-refractivity contribution is 5.96. The first-order chi connectivity index (χ1) is 19.0. The summed E-state index contributed by atoms with van der Waals surface area (Å²) in [5, 5.41) is 22.5. The number of aliphatic hydroxyl groups excluding tert-OH is 1. The van der Waals surface area contributed by atoms with Gasteiger partial charge in [-0.15, -0.1) is 0 Å². The van der Waals surface area contributed by atoms with Crippen LogP contribution in [0, 0.1) is 11.8 Å². The van der Waals surface area contributed by atoms with Crippen molar-refractivity contribution in [3.8, 4) is 22.7 Å². The molecule has 0 fully saturated rings. The maximum Gasteiger partial charge on any atom is 0.328 e. The number of aromatic nitrogens is 3. The number of rotatable bonds is 13. The highest BCUT2D eigenvalue weighted by Gasteiger charge is 2.26. The number of benzene rings is 1. The molecule has 2 heterocycles. The van der Waals surface area contributed by atoms with Crippen LogP contribution in [0.2, 0.25) is 0 Å². The number of hydrogen-bond donors (Lipinski definition) is 4. The van der Waals surface area contributed by atoms with E-state index in [2.05, 4.69) is 25.8 Å². The summed E-state index contributed by atoms with van der Waals surface area (Å²) < 4.78 is 15.5. The van der Waals surface area contributed by atoms with Crippen LogP contribution in [0.15, 0.2) is 40.9 Å². The quantitative estimate of drug-likeness (QED) is 0.183. The van der Waals surface area contributed by atoms with E-state index < -0.39 is 36.2 Å². The molecule has 0 aliphatic carbocycles. The molecular weight excluding hydrogens is 518 g/mol. The Morgan fingerprint density at radius 2 is 1.70 bits per heavy atom. The molecule has 0 bridgehead atoms. The van der Waals surface area contributed by atoms with Gasteiger partial charge in [-0.25, -0.2) is 9.78 Å². The summed E-state index contributed by atoms with van der Waals surface area (Å²) in [6, 6.07) is 7.28. The molecule has 0 saturated heterocycles. The molecule has 1 unspecified atom stereocenters. The van der Waals surface area contributed by atoms with E-state index in [9.17, 15) is 19.5 Å². The molecule has 3 rings (SSSR count). The molecule has 40 heavy (non-hydrogen) atoms. The average molecular weight is 556 g/mol. The van der Waals surface area contributed by atoms with E-state index in [1.165, 1.54) is 20.4 Å². The first kappa shape index (κ1) is 30.5. The molecule has 0 aliphatic rings. The Hall–Kier alpha value is -4.03. The number of methoxy groups -OCH3 is 2. The molecule has 0 saturated carbocycles. The minimum Gasteiger partial charge on any atom is -0.467 e. The number of esters is 1. The van der Waals surface area contributed by atoms with Gasteiger partial charge in [0.25, 0.3) is 11.8 Å². The van der Waals surface area contributed by atoms with Gasteiger partial charge in [-0.05, 0) is 42.9 Å². The van der Waals surface area contributed by atoms with Crippen molar-refractivity contribution < 1.29 is 33.4 Å². The zero-order chi connectivity index (χ0) is 29.4. The Morgan fingerprint density at radius 3 is 2.35 bits per heavy atom. The Balaban J connectivity index is 1.74. The molecule has 4 N–H and O–H groups in total. The van der Waals surface area contributed by atoms with Crippen molar-refractivity contribution in [3.63, 3.8) is 0 Å². The van der Waals surface area contributed by atoms with Crippen LogP contribution in [-0.2, 0) is 14.3 Å². The topological polar surface area (TPSA) is 169 Å². The molecule has 12 heteroatoms. The molecule has 0 radical (unpaired) electrons. The third-order valence-corrected chi connectivity index (χ3v) is 6.08. The Kier molecular flexibility index (Phi) is 10.6. The van der Waals surface area contributed by atoms with Crippen molar-refractivity contribution in [2.24, 2.45) is 11.8 Å². The summed E-state index contributed by atoms with van der Waals surface area (Å²) in [6.07, 6.45) is 1.10. The number of oxazole rings is 1. The molecule has 3 aromatic rings. The van der Waals surface area contributed by atoms with Gasteiger partial charge in [0, 0.05) is 18.2 Å². The van der Waals surface area contributed by atoms with Gasteiger partial charge in [0.1, 0.15) is 11.7 Å². The third kappa shape index (κ3) is 7.99. The number of H-pyrrole nitrogens is 1. The van der Waals surface area contributed by atoms with Crippen LogP contribution >= 0.6 is 0 Å². The molecular formula is C28H37N5O7. The van der Waals surface area contributed by atoms with Crippen molar-refractivity contribution in [1.29, 1.82) is 0 Å². The molecule has 0 spiro atoms. The summed E-state index contributed by atoms with van der Waals surface area (Å²) >= 11 is 0. The molecule has 216 valence electrons. The SMILES string of the molecule is COC(=O)[C@H](CC(C)C)NC(=O)c1cc(-c2cccc(-c3ncc(C(=O)N[C@@H](CC(C)C)C(O)OC)o3)c2)n[nH]1. The number of nitrogens with one attached hydrogen (secondary N) is 3. The summed E-state index contributed by atoms with van der Waals surface area (Å²) in [5.41, 5.74) is 1.93. The van der Waals surface area contributed by atoms with Crippen molar-refractivity contribution in [1.82, 2.24) is 25.8 Å². The minimum absolute atomic E-state index is 0.0160. The van der Waals surface area contributed by atoms with Crippen LogP contribution in [-0.4, -0.2) is 70.7 Å². The first-order valence-corrected chi connectivity index (χ1v) is 13.0. The highest BCUT2D eigenvalue weighted by atomic mass is 16.6. The number of ether oxygens (including phenoxy) is 2. The van der Waals surface area contributed by atoms with E-state index in [0.717, 1.165) is 0 Å². The van der Waals surface area contributed by atoms with Crippen molar-refractivity contribution in [2.45, 2.75) is 58.9 Å². The Morgan fingerprint density at radius 1 is 1.00 bits per heavy atom. The Labute approximate surface area is 232 Å². The van der Waals surface area contributed by atoms with Crippen LogP contribution in [0.4, 0.5) is 0 Å². The van der Waals surface area contributed by atoms with Gasteiger partial charge in [-0.2, -0.15) is 5.10 Å². The van der Waals surface area contributed by atoms with Crippen LogP contribution in [0.3, 0.4) is 0 Å². The summed E-state index contributed by atoms with van der Waals surface area (Å²) in [4.78, 5) is 41.8. The summed E-state index contributed by atoms with van der Waals surface area (Å²) in [6.45, 7) is 7.84. The fourth-order valence-corrected chi connectivity index (χ4v) is 4.13. The highest BCUT2D eigenvalue weighted by Crippen LogP contribution is 2.26. The van der Waals surface area contributed by atoms with Gasteiger partial charge in [0.2, 0.25) is 11.7 Å². The van der Waals surface area contributed by atoms with E-state index in [4.69, 9.17) is 13.9 Å². The predicted octanol–water partition coefficient (Wildman–Crippen LogP) is 3.16. The van der Waals surface area contributed by atoms with Crippen molar-refractivity contribution in [3.05, 3.63) is 48.0 Å². The summed E-state index contributed by atoms with van der Waals surface area (Å²) in [5.74, 6) is -0.943. The number of carbonyl (C=O) groups is 3.